The van der Waals surface area contributed by atoms with Gasteiger partial charge in [0, 0.05) is 17.0 Å². The zero-order valence-electron chi connectivity index (χ0n) is 8.01. The minimum absolute atomic E-state index is 0.0816. The number of nitro groups is 1. The maximum atomic E-state index is 10.6. The Morgan fingerprint density at radius 3 is 2.60 bits per heavy atom. The Labute approximate surface area is 86.1 Å². The summed E-state index contributed by atoms with van der Waals surface area (Å²) >= 11 is 0. The number of phenols is 1. The number of phenolic OH excluding ortho intramolecular Hbond substituents is 1. The average Bonchev–Trinajstić information content (AvgIpc) is 2.98. The van der Waals surface area contributed by atoms with Gasteiger partial charge in [-0.25, -0.2) is 0 Å². The molecule has 15 heavy (non-hydrogen) atoms. The molecule has 1 saturated carbocycles. The van der Waals surface area contributed by atoms with Gasteiger partial charge in [-0.15, -0.1) is 0 Å². The first-order valence-corrected chi connectivity index (χ1v) is 4.68. The third kappa shape index (κ3) is 1.45. The molecule has 0 heterocycles. The first kappa shape index (κ1) is 9.92. The van der Waals surface area contributed by atoms with Crippen molar-refractivity contribution in [3.8, 4) is 5.75 Å². The lowest BCUT2D eigenvalue weighted by atomic mass is 9.95. The van der Waals surface area contributed by atoms with Gasteiger partial charge in [-0.2, -0.15) is 0 Å². The molecule has 0 bridgehead atoms. The highest BCUT2D eigenvalue weighted by molar-refractivity contribution is 5.55. The van der Waals surface area contributed by atoms with Crippen molar-refractivity contribution in [2.75, 3.05) is 6.61 Å². The van der Waals surface area contributed by atoms with E-state index in [1.54, 1.807) is 6.07 Å². The molecular weight excluding hydrogens is 198 g/mol. The van der Waals surface area contributed by atoms with Gasteiger partial charge >= 0.3 is 5.69 Å². The van der Waals surface area contributed by atoms with E-state index in [2.05, 4.69) is 0 Å². The van der Waals surface area contributed by atoms with Crippen LogP contribution in [-0.4, -0.2) is 21.7 Å². The maximum Gasteiger partial charge on any atom is 0.311 e. The molecule has 0 amide bonds. The van der Waals surface area contributed by atoms with Gasteiger partial charge in [0.15, 0.2) is 5.75 Å². The molecule has 1 aromatic carbocycles. The highest BCUT2D eigenvalue weighted by Crippen LogP contribution is 2.52. The smallest absolute Gasteiger partial charge is 0.311 e. The number of rotatable bonds is 3. The van der Waals surface area contributed by atoms with Crippen molar-refractivity contribution < 1.29 is 15.1 Å². The molecule has 5 nitrogen and oxygen atoms in total. The van der Waals surface area contributed by atoms with E-state index in [9.17, 15) is 20.3 Å². The number of aliphatic hydroxyl groups is 1. The van der Waals surface area contributed by atoms with Crippen LogP contribution in [0.3, 0.4) is 0 Å². The Bertz CT molecular complexity index is 412. The van der Waals surface area contributed by atoms with Crippen molar-refractivity contribution in [3.05, 3.63) is 33.9 Å². The Morgan fingerprint density at radius 1 is 1.47 bits per heavy atom. The molecule has 0 saturated heterocycles. The maximum absolute atomic E-state index is 10.6. The number of aliphatic hydroxyl groups excluding tert-OH is 1. The number of hydrogen-bond acceptors (Lipinski definition) is 4. The number of para-hydroxylation sites is 1. The SMILES string of the molecule is O=[N+]([O-])c1cccc(C2(CO)CC2)c1O. The molecule has 0 atom stereocenters. The van der Waals surface area contributed by atoms with Gasteiger partial charge in [0.1, 0.15) is 0 Å². The second-order valence-electron chi connectivity index (χ2n) is 3.87. The monoisotopic (exact) mass is 209 g/mol. The molecule has 1 aromatic rings. The molecule has 1 aliphatic rings. The van der Waals surface area contributed by atoms with Crippen LogP contribution in [0.4, 0.5) is 5.69 Å². The molecule has 1 aliphatic carbocycles. The number of nitrogens with zero attached hydrogens (tertiary/aromatic N) is 1. The van der Waals surface area contributed by atoms with Crippen LogP contribution in [0.25, 0.3) is 0 Å². The lowest BCUT2D eigenvalue weighted by Crippen LogP contribution is -2.12. The van der Waals surface area contributed by atoms with E-state index >= 15 is 0 Å². The van der Waals surface area contributed by atoms with E-state index < -0.39 is 10.3 Å². The van der Waals surface area contributed by atoms with E-state index in [-0.39, 0.29) is 18.0 Å². The predicted molar refractivity (Wildman–Crippen MR) is 52.8 cm³/mol. The van der Waals surface area contributed by atoms with Crippen LogP contribution in [0, 0.1) is 10.1 Å². The van der Waals surface area contributed by atoms with Gasteiger partial charge in [0.25, 0.3) is 0 Å². The molecule has 80 valence electrons. The molecule has 0 radical (unpaired) electrons. The fraction of sp³-hybridized carbons (Fsp3) is 0.400. The van der Waals surface area contributed by atoms with Crippen LogP contribution in [0.5, 0.6) is 5.75 Å². The van der Waals surface area contributed by atoms with Crippen molar-refractivity contribution in [3.63, 3.8) is 0 Å². The van der Waals surface area contributed by atoms with Crippen molar-refractivity contribution in [1.82, 2.24) is 0 Å². The summed E-state index contributed by atoms with van der Waals surface area (Å²) in [6, 6.07) is 4.42. The van der Waals surface area contributed by atoms with Crippen LogP contribution in [0.2, 0.25) is 0 Å². The van der Waals surface area contributed by atoms with E-state index in [4.69, 9.17) is 0 Å². The van der Waals surface area contributed by atoms with Gasteiger partial charge in [0.05, 0.1) is 11.5 Å². The van der Waals surface area contributed by atoms with Gasteiger partial charge in [-0.1, -0.05) is 12.1 Å². The Hall–Kier alpha value is -1.62. The fourth-order valence-electron chi connectivity index (χ4n) is 1.77. The lowest BCUT2D eigenvalue weighted by molar-refractivity contribution is -0.386. The van der Waals surface area contributed by atoms with Gasteiger partial charge in [0.2, 0.25) is 0 Å². The van der Waals surface area contributed by atoms with Crippen molar-refractivity contribution in [2.45, 2.75) is 18.3 Å². The summed E-state index contributed by atoms with van der Waals surface area (Å²) in [6.07, 6.45) is 1.52. The van der Waals surface area contributed by atoms with Crippen molar-refractivity contribution in [1.29, 1.82) is 0 Å². The standard InChI is InChI=1S/C10H11NO4/c12-6-10(4-5-10)7-2-1-3-8(9(7)13)11(14)15/h1-3,12-13H,4-6H2. The summed E-state index contributed by atoms with van der Waals surface area (Å²) in [5.74, 6) is -0.311. The third-order valence-corrected chi connectivity index (χ3v) is 2.94. The molecule has 1 fully saturated rings. The average molecular weight is 209 g/mol. The van der Waals surface area contributed by atoms with Crippen LogP contribution in [0.15, 0.2) is 18.2 Å². The Kier molecular flexibility index (Phi) is 2.12. The highest BCUT2D eigenvalue weighted by Gasteiger charge is 2.46. The van der Waals surface area contributed by atoms with Crippen LogP contribution in [-0.2, 0) is 5.41 Å². The molecule has 0 unspecified atom stereocenters. The molecule has 0 aromatic heterocycles. The van der Waals surface area contributed by atoms with E-state index in [1.807, 2.05) is 0 Å². The molecule has 5 heteroatoms. The minimum atomic E-state index is -0.619. The van der Waals surface area contributed by atoms with E-state index in [1.165, 1.54) is 12.1 Å². The summed E-state index contributed by atoms with van der Waals surface area (Å²) in [7, 11) is 0. The lowest BCUT2D eigenvalue weighted by Gasteiger charge is -2.13. The number of aromatic hydroxyl groups is 1. The summed E-state index contributed by atoms with van der Waals surface area (Å²) in [4.78, 5) is 9.97. The van der Waals surface area contributed by atoms with Gasteiger partial charge in [-0.05, 0) is 12.8 Å². The molecule has 2 rings (SSSR count). The topological polar surface area (TPSA) is 83.6 Å². The van der Waals surface area contributed by atoms with Crippen LogP contribution < -0.4 is 0 Å². The summed E-state index contributed by atoms with van der Waals surface area (Å²) < 4.78 is 0. The number of nitro benzene ring substituents is 1. The summed E-state index contributed by atoms with van der Waals surface area (Å²) in [5, 5.41) is 29.5. The minimum Gasteiger partial charge on any atom is -0.502 e. The predicted octanol–water partition coefficient (Wildman–Crippen LogP) is 1.32. The zero-order valence-corrected chi connectivity index (χ0v) is 8.01. The first-order chi connectivity index (χ1) is 7.10. The van der Waals surface area contributed by atoms with Gasteiger partial charge < -0.3 is 10.2 Å². The van der Waals surface area contributed by atoms with Crippen molar-refractivity contribution in [2.24, 2.45) is 0 Å². The number of hydrogen-bond donors (Lipinski definition) is 2. The normalized spacial score (nSPS) is 17.4. The molecular formula is C10H11NO4. The van der Waals surface area contributed by atoms with Gasteiger partial charge in [-0.3, -0.25) is 10.1 Å². The second-order valence-corrected chi connectivity index (χ2v) is 3.87. The zero-order chi connectivity index (χ0) is 11.1. The summed E-state index contributed by atoms with van der Waals surface area (Å²) in [6.45, 7) is -0.0816. The largest absolute Gasteiger partial charge is 0.502 e. The molecule has 0 aliphatic heterocycles. The number of benzene rings is 1. The fourth-order valence-corrected chi connectivity index (χ4v) is 1.77. The Balaban J connectivity index is 2.50. The third-order valence-electron chi connectivity index (χ3n) is 2.94. The Morgan fingerprint density at radius 2 is 2.13 bits per heavy atom. The highest BCUT2D eigenvalue weighted by atomic mass is 16.6. The molecule has 0 spiro atoms. The second kappa shape index (κ2) is 3.20. The van der Waals surface area contributed by atoms with E-state index in [0.717, 1.165) is 12.8 Å². The van der Waals surface area contributed by atoms with Crippen LogP contribution in [0.1, 0.15) is 18.4 Å². The quantitative estimate of drug-likeness (QED) is 0.581. The molecule has 2 N–H and O–H groups in total. The van der Waals surface area contributed by atoms with Crippen molar-refractivity contribution >= 4 is 5.69 Å². The summed E-state index contributed by atoms with van der Waals surface area (Å²) in [5.41, 5.74) is -0.262. The van der Waals surface area contributed by atoms with E-state index in [0.29, 0.717) is 5.56 Å². The van der Waals surface area contributed by atoms with Crippen LogP contribution >= 0.6 is 0 Å². The first-order valence-electron chi connectivity index (χ1n) is 4.68.